The van der Waals surface area contributed by atoms with E-state index in [9.17, 15) is 9.59 Å². The molecule has 1 aliphatic rings. The molecule has 0 bridgehead atoms. The lowest BCUT2D eigenvalue weighted by Gasteiger charge is -2.19. The van der Waals surface area contributed by atoms with Crippen LogP contribution < -0.4 is 10.6 Å². The van der Waals surface area contributed by atoms with Gasteiger partial charge in [-0.3, -0.25) is 9.59 Å². The molecule has 1 aliphatic heterocycles. The van der Waals surface area contributed by atoms with E-state index in [2.05, 4.69) is 24.5 Å². The molecule has 1 heterocycles. The third-order valence-electron chi connectivity index (χ3n) is 3.82. The quantitative estimate of drug-likeness (QED) is 0.874. The highest BCUT2D eigenvalue weighted by Gasteiger charge is 2.17. The van der Waals surface area contributed by atoms with Gasteiger partial charge in [0, 0.05) is 23.7 Å². The summed E-state index contributed by atoms with van der Waals surface area (Å²) in [6.07, 6.45) is 3.29. The number of amides is 2. The van der Waals surface area contributed by atoms with Crippen molar-refractivity contribution in [2.45, 2.75) is 52.5 Å². The van der Waals surface area contributed by atoms with E-state index >= 15 is 0 Å². The van der Waals surface area contributed by atoms with Gasteiger partial charge in [-0.2, -0.15) is 0 Å². The number of carbonyl (C=O) groups is 2. The largest absolute Gasteiger partial charge is 0.350 e. The van der Waals surface area contributed by atoms with Crippen LogP contribution in [-0.2, 0) is 11.2 Å². The van der Waals surface area contributed by atoms with E-state index in [-0.39, 0.29) is 17.9 Å². The van der Waals surface area contributed by atoms with Crippen molar-refractivity contribution in [1.82, 2.24) is 5.32 Å². The van der Waals surface area contributed by atoms with Gasteiger partial charge in [-0.15, -0.1) is 0 Å². The first-order valence-corrected chi connectivity index (χ1v) is 7.69. The monoisotopic (exact) mass is 288 g/mol. The Kier molecular flexibility index (Phi) is 4.99. The van der Waals surface area contributed by atoms with Gasteiger partial charge in [0.2, 0.25) is 5.91 Å². The molecule has 2 amide bonds. The lowest BCUT2D eigenvalue weighted by molar-refractivity contribution is -0.116. The molecule has 2 N–H and O–H groups in total. The van der Waals surface area contributed by atoms with Gasteiger partial charge >= 0.3 is 0 Å². The maximum atomic E-state index is 12.3. The molecule has 0 aromatic heterocycles. The predicted octanol–water partition coefficient (Wildman–Crippen LogP) is 3.13. The third kappa shape index (κ3) is 4.31. The number of hydrogen-bond donors (Lipinski definition) is 2. The Labute approximate surface area is 126 Å². The highest BCUT2D eigenvalue weighted by atomic mass is 16.2. The number of benzene rings is 1. The van der Waals surface area contributed by atoms with Gasteiger partial charge in [-0.05, 0) is 55.9 Å². The van der Waals surface area contributed by atoms with Gasteiger partial charge in [-0.25, -0.2) is 0 Å². The van der Waals surface area contributed by atoms with Crippen LogP contribution in [0.4, 0.5) is 5.69 Å². The molecule has 1 aromatic rings. The van der Waals surface area contributed by atoms with Crippen LogP contribution in [0, 0.1) is 5.92 Å². The molecule has 2 rings (SSSR count). The van der Waals surface area contributed by atoms with Gasteiger partial charge in [0.15, 0.2) is 0 Å². The summed E-state index contributed by atoms with van der Waals surface area (Å²) in [5.74, 6) is 0.657. The summed E-state index contributed by atoms with van der Waals surface area (Å²) in [6, 6.07) is 5.66. The maximum absolute atomic E-state index is 12.3. The van der Waals surface area contributed by atoms with E-state index in [1.165, 1.54) is 0 Å². The Morgan fingerprint density at radius 2 is 2.00 bits per heavy atom. The summed E-state index contributed by atoms with van der Waals surface area (Å²) >= 11 is 0. The van der Waals surface area contributed by atoms with Crippen LogP contribution in [0.2, 0.25) is 0 Å². The second kappa shape index (κ2) is 6.74. The maximum Gasteiger partial charge on any atom is 0.251 e. The molecule has 4 nitrogen and oxygen atoms in total. The summed E-state index contributed by atoms with van der Waals surface area (Å²) < 4.78 is 0. The standard InChI is InChI=1S/C17H24N2O2/c1-11(2)4-5-12(3)18-17(21)14-6-8-15-13(10-14)7-9-16(20)19-15/h6,8,10-12H,4-5,7,9H2,1-3H3,(H,18,21)(H,19,20). The van der Waals surface area contributed by atoms with Crippen molar-refractivity contribution >= 4 is 17.5 Å². The van der Waals surface area contributed by atoms with Crippen molar-refractivity contribution in [2.75, 3.05) is 5.32 Å². The molecule has 21 heavy (non-hydrogen) atoms. The Hall–Kier alpha value is -1.84. The van der Waals surface area contributed by atoms with Crippen molar-refractivity contribution in [3.63, 3.8) is 0 Å². The van der Waals surface area contributed by atoms with Gasteiger partial charge in [-0.1, -0.05) is 13.8 Å². The van der Waals surface area contributed by atoms with Crippen LogP contribution in [0.3, 0.4) is 0 Å². The van der Waals surface area contributed by atoms with Crippen molar-refractivity contribution in [1.29, 1.82) is 0 Å². The number of carbonyl (C=O) groups excluding carboxylic acids is 2. The zero-order valence-corrected chi connectivity index (χ0v) is 13.0. The number of rotatable bonds is 5. The fourth-order valence-corrected chi connectivity index (χ4v) is 2.49. The molecule has 0 saturated heterocycles. The normalized spacial score (nSPS) is 15.3. The van der Waals surface area contributed by atoms with Crippen molar-refractivity contribution in [2.24, 2.45) is 5.92 Å². The summed E-state index contributed by atoms with van der Waals surface area (Å²) in [5.41, 5.74) is 2.54. The Balaban J connectivity index is 1.98. The van der Waals surface area contributed by atoms with E-state index in [1.54, 1.807) is 6.07 Å². The summed E-state index contributed by atoms with van der Waals surface area (Å²) in [6.45, 7) is 6.41. The van der Waals surface area contributed by atoms with Gasteiger partial charge in [0.05, 0.1) is 0 Å². The van der Waals surface area contributed by atoms with Gasteiger partial charge in [0.25, 0.3) is 5.91 Å². The number of fused-ring (bicyclic) bond motifs is 1. The molecule has 0 saturated carbocycles. The van der Waals surface area contributed by atoms with Gasteiger partial charge in [0.1, 0.15) is 0 Å². The lowest BCUT2D eigenvalue weighted by atomic mass is 9.99. The van der Waals surface area contributed by atoms with E-state index in [4.69, 9.17) is 0 Å². The minimum atomic E-state index is -0.0362. The summed E-state index contributed by atoms with van der Waals surface area (Å²) in [5, 5.41) is 5.87. The minimum absolute atomic E-state index is 0.0362. The molecule has 1 unspecified atom stereocenters. The van der Waals surface area contributed by atoms with E-state index in [0.717, 1.165) is 24.1 Å². The molecular weight excluding hydrogens is 264 g/mol. The van der Waals surface area contributed by atoms with Crippen LogP contribution in [0.15, 0.2) is 18.2 Å². The number of hydrogen-bond acceptors (Lipinski definition) is 2. The number of nitrogens with one attached hydrogen (secondary N) is 2. The third-order valence-corrected chi connectivity index (χ3v) is 3.82. The van der Waals surface area contributed by atoms with Crippen LogP contribution in [0.1, 0.15) is 56.0 Å². The fraction of sp³-hybridized carbons (Fsp3) is 0.529. The molecule has 0 radical (unpaired) electrons. The average molecular weight is 288 g/mol. The molecule has 114 valence electrons. The van der Waals surface area contributed by atoms with Crippen LogP contribution in [-0.4, -0.2) is 17.9 Å². The fourth-order valence-electron chi connectivity index (χ4n) is 2.49. The molecule has 4 heteroatoms. The molecule has 0 fully saturated rings. The first kappa shape index (κ1) is 15.5. The Bertz CT molecular complexity index is 538. The Morgan fingerprint density at radius 3 is 2.71 bits per heavy atom. The van der Waals surface area contributed by atoms with E-state index < -0.39 is 0 Å². The summed E-state index contributed by atoms with van der Waals surface area (Å²) in [7, 11) is 0. The second-order valence-electron chi connectivity index (χ2n) is 6.27. The predicted molar refractivity (Wildman–Crippen MR) is 84.4 cm³/mol. The van der Waals surface area contributed by atoms with Gasteiger partial charge < -0.3 is 10.6 Å². The molecule has 0 spiro atoms. The molecule has 0 aliphatic carbocycles. The number of aryl methyl sites for hydroxylation is 1. The highest BCUT2D eigenvalue weighted by Crippen LogP contribution is 2.23. The minimum Gasteiger partial charge on any atom is -0.350 e. The smallest absolute Gasteiger partial charge is 0.251 e. The average Bonchev–Trinajstić information content (AvgIpc) is 2.44. The molecular formula is C17H24N2O2. The number of anilines is 1. The van der Waals surface area contributed by atoms with Crippen LogP contribution in [0.25, 0.3) is 0 Å². The van der Waals surface area contributed by atoms with Crippen LogP contribution >= 0.6 is 0 Å². The van der Waals surface area contributed by atoms with Crippen molar-refractivity contribution in [3.05, 3.63) is 29.3 Å². The zero-order valence-electron chi connectivity index (χ0n) is 13.0. The van der Waals surface area contributed by atoms with Crippen molar-refractivity contribution < 1.29 is 9.59 Å². The zero-order chi connectivity index (χ0) is 15.4. The molecule has 1 aromatic carbocycles. The SMILES string of the molecule is CC(C)CCC(C)NC(=O)c1ccc2c(c1)CCC(=O)N2. The first-order chi connectivity index (χ1) is 9.95. The summed E-state index contributed by atoms with van der Waals surface area (Å²) in [4.78, 5) is 23.6. The lowest BCUT2D eigenvalue weighted by Crippen LogP contribution is -2.33. The Morgan fingerprint density at radius 1 is 1.24 bits per heavy atom. The van der Waals surface area contributed by atoms with Crippen molar-refractivity contribution in [3.8, 4) is 0 Å². The topological polar surface area (TPSA) is 58.2 Å². The first-order valence-electron chi connectivity index (χ1n) is 7.69. The van der Waals surface area contributed by atoms with E-state index in [0.29, 0.717) is 24.3 Å². The van der Waals surface area contributed by atoms with Crippen LogP contribution in [0.5, 0.6) is 0 Å². The highest BCUT2D eigenvalue weighted by molar-refractivity contribution is 5.98. The molecule has 1 atom stereocenters. The van der Waals surface area contributed by atoms with E-state index in [1.807, 2.05) is 19.1 Å². The second-order valence-corrected chi connectivity index (χ2v) is 6.27.